The molecular formula is C14H10BrClO3. The molecule has 0 aliphatic heterocycles. The van der Waals surface area contributed by atoms with E-state index in [1.807, 2.05) is 13.0 Å². The van der Waals surface area contributed by atoms with Gasteiger partial charge >= 0.3 is 5.97 Å². The Morgan fingerprint density at radius 1 is 1.26 bits per heavy atom. The Labute approximate surface area is 123 Å². The van der Waals surface area contributed by atoms with Crippen LogP contribution in [0.4, 0.5) is 0 Å². The van der Waals surface area contributed by atoms with Gasteiger partial charge in [0.25, 0.3) is 0 Å². The fraction of sp³-hybridized carbons (Fsp3) is 0.0714. The Morgan fingerprint density at radius 2 is 2.00 bits per heavy atom. The van der Waals surface area contributed by atoms with Crippen molar-refractivity contribution in [1.82, 2.24) is 0 Å². The van der Waals surface area contributed by atoms with Crippen molar-refractivity contribution in [2.24, 2.45) is 0 Å². The van der Waals surface area contributed by atoms with E-state index in [0.29, 0.717) is 15.2 Å². The number of halogens is 2. The topological polar surface area (TPSA) is 46.5 Å². The van der Waals surface area contributed by atoms with Gasteiger partial charge in [-0.25, -0.2) is 4.79 Å². The van der Waals surface area contributed by atoms with Crippen LogP contribution in [0.25, 0.3) is 0 Å². The molecule has 3 nitrogen and oxygen atoms in total. The number of aromatic carboxylic acids is 1. The summed E-state index contributed by atoms with van der Waals surface area (Å²) in [4.78, 5) is 11.2. The second-order valence-corrected chi connectivity index (χ2v) is 5.22. The minimum Gasteiger partial charge on any atom is -0.478 e. The highest BCUT2D eigenvalue weighted by atomic mass is 79.9. The molecular weight excluding hydrogens is 332 g/mol. The molecule has 0 saturated heterocycles. The predicted molar refractivity (Wildman–Crippen MR) is 77.4 cm³/mol. The largest absolute Gasteiger partial charge is 0.478 e. The Hall–Kier alpha value is -1.52. The highest BCUT2D eigenvalue weighted by Crippen LogP contribution is 2.33. The second kappa shape index (κ2) is 5.63. The van der Waals surface area contributed by atoms with Gasteiger partial charge in [-0.3, -0.25) is 0 Å². The van der Waals surface area contributed by atoms with E-state index in [2.05, 4.69) is 15.9 Å². The maximum Gasteiger partial charge on any atom is 0.340 e. The molecule has 0 fully saturated rings. The van der Waals surface area contributed by atoms with Crippen LogP contribution in [0, 0.1) is 6.92 Å². The molecule has 0 aromatic heterocycles. The summed E-state index contributed by atoms with van der Waals surface area (Å²) in [5.41, 5.74) is 0.961. The van der Waals surface area contributed by atoms with Gasteiger partial charge in [-0.1, -0.05) is 23.7 Å². The minimum absolute atomic E-state index is 0.0851. The smallest absolute Gasteiger partial charge is 0.340 e. The molecule has 0 spiro atoms. The molecule has 19 heavy (non-hydrogen) atoms. The first kappa shape index (κ1) is 13.9. The zero-order valence-electron chi connectivity index (χ0n) is 9.98. The van der Waals surface area contributed by atoms with E-state index in [9.17, 15) is 9.90 Å². The fourth-order valence-electron chi connectivity index (χ4n) is 1.60. The maximum atomic E-state index is 11.2. The third kappa shape index (κ3) is 3.08. The Kier molecular flexibility index (Phi) is 4.12. The normalized spacial score (nSPS) is 10.3. The van der Waals surface area contributed by atoms with Crippen molar-refractivity contribution in [1.29, 1.82) is 0 Å². The SMILES string of the molecule is Cc1ccc(Cl)cc1Oc1cccc(Br)c1C(=O)O. The highest BCUT2D eigenvalue weighted by Gasteiger charge is 2.16. The van der Waals surface area contributed by atoms with E-state index < -0.39 is 5.97 Å². The molecule has 0 heterocycles. The number of benzene rings is 2. The molecule has 0 atom stereocenters. The molecule has 0 bridgehead atoms. The van der Waals surface area contributed by atoms with Crippen molar-refractivity contribution < 1.29 is 14.6 Å². The zero-order chi connectivity index (χ0) is 14.0. The molecule has 0 aliphatic rings. The summed E-state index contributed by atoms with van der Waals surface area (Å²) in [6.07, 6.45) is 0. The first-order chi connectivity index (χ1) is 8.99. The fourth-order valence-corrected chi connectivity index (χ4v) is 2.28. The van der Waals surface area contributed by atoms with Crippen molar-refractivity contribution in [3.8, 4) is 11.5 Å². The Bertz CT molecular complexity index is 641. The maximum absolute atomic E-state index is 11.2. The van der Waals surface area contributed by atoms with Gasteiger partial charge in [0.2, 0.25) is 0 Å². The van der Waals surface area contributed by atoms with Gasteiger partial charge in [-0.2, -0.15) is 0 Å². The highest BCUT2D eigenvalue weighted by molar-refractivity contribution is 9.10. The third-order valence-electron chi connectivity index (χ3n) is 2.56. The lowest BCUT2D eigenvalue weighted by atomic mass is 10.2. The van der Waals surface area contributed by atoms with Crippen LogP contribution < -0.4 is 4.74 Å². The van der Waals surface area contributed by atoms with E-state index >= 15 is 0 Å². The van der Waals surface area contributed by atoms with Crippen molar-refractivity contribution in [2.45, 2.75) is 6.92 Å². The first-order valence-electron chi connectivity index (χ1n) is 5.45. The lowest BCUT2D eigenvalue weighted by Crippen LogP contribution is -2.01. The van der Waals surface area contributed by atoms with Crippen molar-refractivity contribution >= 4 is 33.5 Å². The summed E-state index contributed by atoms with van der Waals surface area (Å²) in [5.74, 6) is -0.248. The summed E-state index contributed by atoms with van der Waals surface area (Å²) >= 11 is 9.12. The van der Waals surface area contributed by atoms with E-state index in [-0.39, 0.29) is 11.3 Å². The van der Waals surface area contributed by atoms with Crippen LogP contribution in [0.2, 0.25) is 5.02 Å². The summed E-state index contributed by atoms with van der Waals surface area (Å²) in [6.45, 7) is 1.87. The molecule has 5 heteroatoms. The van der Waals surface area contributed by atoms with Crippen LogP contribution in [0.5, 0.6) is 11.5 Å². The number of carboxylic acid groups (broad SMARTS) is 1. The molecule has 0 saturated carbocycles. The molecule has 2 rings (SSSR count). The molecule has 98 valence electrons. The van der Waals surface area contributed by atoms with Gasteiger partial charge in [0.05, 0.1) is 0 Å². The van der Waals surface area contributed by atoms with Crippen LogP contribution in [0.1, 0.15) is 15.9 Å². The molecule has 0 amide bonds. The number of rotatable bonds is 3. The van der Waals surface area contributed by atoms with Gasteiger partial charge in [0.1, 0.15) is 17.1 Å². The lowest BCUT2D eigenvalue weighted by Gasteiger charge is -2.12. The molecule has 2 aromatic carbocycles. The molecule has 1 N–H and O–H groups in total. The summed E-state index contributed by atoms with van der Waals surface area (Å²) < 4.78 is 6.14. The van der Waals surface area contributed by atoms with E-state index in [1.165, 1.54) is 0 Å². The Morgan fingerprint density at radius 3 is 2.68 bits per heavy atom. The van der Waals surface area contributed by atoms with Gasteiger partial charge in [-0.15, -0.1) is 0 Å². The van der Waals surface area contributed by atoms with Crippen LogP contribution >= 0.6 is 27.5 Å². The average molecular weight is 342 g/mol. The Balaban J connectivity index is 2.46. The number of hydrogen-bond donors (Lipinski definition) is 1. The lowest BCUT2D eigenvalue weighted by molar-refractivity contribution is 0.0693. The van der Waals surface area contributed by atoms with Crippen LogP contribution in [0.15, 0.2) is 40.9 Å². The van der Waals surface area contributed by atoms with Gasteiger partial charge in [-0.05, 0) is 52.7 Å². The van der Waals surface area contributed by atoms with Crippen LogP contribution in [-0.4, -0.2) is 11.1 Å². The first-order valence-corrected chi connectivity index (χ1v) is 6.62. The molecule has 0 radical (unpaired) electrons. The van der Waals surface area contributed by atoms with E-state index in [4.69, 9.17) is 16.3 Å². The summed E-state index contributed by atoms with van der Waals surface area (Å²) in [6, 6.07) is 10.2. The average Bonchev–Trinajstić information content (AvgIpc) is 2.33. The number of carbonyl (C=O) groups is 1. The summed E-state index contributed by atoms with van der Waals surface area (Å²) in [7, 11) is 0. The number of ether oxygens (including phenoxy) is 1. The summed E-state index contributed by atoms with van der Waals surface area (Å²) in [5, 5.41) is 9.75. The van der Waals surface area contributed by atoms with E-state index in [0.717, 1.165) is 5.56 Å². The number of aryl methyl sites for hydroxylation is 1. The quantitative estimate of drug-likeness (QED) is 0.863. The van der Waals surface area contributed by atoms with Crippen LogP contribution in [-0.2, 0) is 0 Å². The second-order valence-electron chi connectivity index (χ2n) is 3.93. The van der Waals surface area contributed by atoms with Crippen molar-refractivity contribution in [3.05, 3.63) is 57.0 Å². The minimum atomic E-state index is -1.05. The van der Waals surface area contributed by atoms with Crippen molar-refractivity contribution in [2.75, 3.05) is 0 Å². The monoisotopic (exact) mass is 340 g/mol. The molecule has 2 aromatic rings. The van der Waals surface area contributed by atoms with Gasteiger partial charge < -0.3 is 9.84 Å². The third-order valence-corrected chi connectivity index (χ3v) is 3.46. The number of carboxylic acids is 1. The molecule has 0 unspecified atom stereocenters. The van der Waals surface area contributed by atoms with Gasteiger partial charge in [0, 0.05) is 9.50 Å². The predicted octanol–water partition coefficient (Wildman–Crippen LogP) is 4.90. The number of hydrogen-bond acceptors (Lipinski definition) is 2. The molecule has 0 aliphatic carbocycles. The standard InChI is InChI=1S/C14H10BrClO3/c1-8-5-6-9(16)7-12(8)19-11-4-2-3-10(15)13(11)14(17)18/h2-7H,1H3,(H,17,18). The zero-order valence-corrected chi connectivity index (χ0v) is 12.3. The van der Waals surface area contributed by atoms with Crippen LogP contribution in [0.3, 0.4) is 0 Å². The van der Waals surface area contributed by atoms with E-state index in [1.54, 1.807) is 30.3 Å². The van der Waals surface area contributed by atoms with Gasteiger partial charge in [0.15, 0.2) is 0 Å². The van der Waals surface area contributed by atoms with Crippen molar-refractivity contribution in [3.63, 3.8) is 0 Å².